The highest BCUT2D eigenvalue weighted by Gasteiger charge is 2.21. The predicted molar refractivity (Wildman–Crippen MR) is 114 cm³/mol. The van der Waals surface area contributed by atoms with E-state index in [4.69, 9.17) is 4.74 Å². The van der Waals surface area contributed by atoms with Crippen LogP contribution in [0.4, 0.5) is 5.69 Å². The third kappa shape index (κ3) is 4.82. The average Bonchev–Trinajstić information content (AvgIpc) is 3.24. The van der Waals surface area contributed by atoms with Crippen molar-refractivity contribution < 1.29 is 9.53 Å². The molecule has 8 nitrogen and oxygen atoms in total. The molecule has 3 aromatic rings. The van der Waals surface area contributed by atoms with E-state index in [1.165, 1.54) is 24.2 Å². The number of ether oxygens (including phenoxy) is 1. The molecule has 0 aliphatic carbocycles. The molecule has 0 saturated carbocycles. The molecule has 1 aliphatic rings. The summed E-state index contributed by atoms with van der Waals surface area (Å²) in [5.74, 6) is -0.0748. The molecule has 0 spiro atoms. The lowest BCUT2D eigenvalue weighted by Crippen LogP contribution is -2.30. The summed E-state index contributed by atoms with van der Waals surface area (Å²) >= 11 is 4.56. The summed E-state index contributed by atoms with van der Waals surface area (Å²) in [4.78, 5) is 38.1. The van der Waals surface area contributed by atoms with E-state index in [2.05, 4.69) is 36.2 Å². The van der Waals surface area contributed by atoms with Gasteiger partial charge in [-0.3, -0.25) is 14.2 Å². The van der Waals surface area contributed by atoms with E-state index >= 15 is 0 Å². The number of carbonyl (C=O) groups excluding carboxylic acids is 1. The zero-order valence-corrected chi connectivity index (χ0v) is 17.8. The molecule has 1 unspecified atom stereocenters. The number of thioether (sulfide) groups is 1. The Hall–Kier alpha value is -2.30. The summed E-state index contributed by atoms with van der Waals surface area (Å²) in [5, 5.41) is 3.27. The molecule has 150 valence electrons. The highest BCUT2D eigenvalue weighted by atomic mass is 79.9. The quantitative estimate of drug-likeness (QED) is 0.432. The lowest BCUT2D eigenvalue weighted by atomic mass is 10.2. The summed E-state index contributed by atoms with van der Waals surface area (Å²) in [5.41, 5.74) is 0.924. The van der Waals surface area contributed by atoms with Crippen LogP contribution in [0.5, 0.6) is 0 Å². The maximum Gasteiger partial charge on any atom is 0.282 e. The minimum absolute atomic E-state index is 0.0421. The molecular weight excluding hydrogens is 458 g/mol. The highest BCUT2D eigenvalue weighted by molar-refractivity contribution is 9.10. The number of nitrogens with one attached hydrogen (secondary N) is 1. The lowest BCUT2D eigenvalue weighted by Gasteiger charge is -2.15. The topological polar surface area (TPSA) is 99.0 Å². The van der Waals surface area contributed by atoms with Gasteiger partial charge in [0.1, 0.15) is 0 Å². The SMILES string of the molecule is O=C(CSc1nc2nccnc2c(=O)n1CC1CCCO1)Nc1ccc(Br)cc1. The molecule has 1 atom stereocenters. The minimum atomic E-state index is -0.269. The fraction of sp³-hybridized carbons (Fsp3) is 0.316. The van der Waals surface area contributed by atoms with Crippen LogP contribution in [0.3, 0.4) is 0 Å². The van der Waals surface area contributed by atoms with E-state index in [9.17, 15) is 9.59 Å². The van der Waals surface area contributed by atoms with Crippen molar-refractivity contribution in [2.75, 3.05) is 17.7 Å². The lowest BCUT2D eigenvalue weighted by molar-refractivity contribution is -0.113. The van der Waals surface area contributed by atoms with Gasteiger partial charge in [0.05, 0.1) is 18.4 Å². The van der Waals surface area contributed by atoms with Gasteiger partial charge < -0.3 is 10.1 Å². The first-order chi connectivity index (χ1) is 14.1. The molecule has 2 aromatic heterocycles. The van der Waals surface area contributed by atoms with Gasteiger partial charge in [-0.15, -0.1) is 0 Å². The Morgan fingerprint density at radius 3 is 2.83 bits per heavy atom. The summed E-state index contributed by atoms with van der Waals surface area (Å²) in [6.45, 7) is 1.08. The number of amides is 1. The van der Waals surface area contributed by atoms with Gasteiger partial charge >= 0.3 is 0 Å². The second-order valence-electron chi connectivity index (χ2n) is 6.52. The number of halogens is 1. The van der Waals surface area contributed by atoms with E-state index in [0.717, 1.165) is 17.3 Å². The number of nitrogens with zero attached hydrogens (tertiary/aromatic N) is 4. The number of fused-ring (bicyclic) bond motifs is 1. The van der Waals surface area contributed by atoms with Gasteiger partial charge in [0.2, 0.25) is 5.91 Å². The van der Waals surface area contributed by atoms with Crippen molar-refractivity contribution >= 4 is 50.5 Å². The van der Waals surface area contributed by atoms with Gasteiger partial charge in [0, 0.05) is 29.2 Å². The van der Waals surface area contributed by atoms with Crippen molar-refractivity contribution in [3.63, 3.8) is 0 Å². The van der Waals surface area contributed by atoms with Crippen molar-refractivity contribution in [3.8, 4) is 0 Å². The summed E-state index contributed by atoms with van der Waals surface area (Å²) < 4.78 is 8.16. The van der Waals surface area contributed by atoms with Crippen molar-refractivity contribution in [2.45, 2.75) is 30.6 Å². The first-order valence-corrected chi connectivity index (χ1v) is 10.9. The van der Waals surface area contributed by atoms with Crippen LogP contribution in [0.1, 0.15) is 12.8 Å². The maximum absolute atomic E-state index is 13.0. The van der Waals surface area contributed by atoms with Gasteiger partial charge in [-0.2, -0.15) is 0 Å². The Bertz CT molecular complexity index is 1080. The molecule has 1 saturated heterocycles. The van der Waals surface area contributed by atoms with Crippen molar-refractivity contribution in [1.29, 1.82) is 0 Å². The number of anilines is 1. The average molecular weight is 476 g/mol. The molecule has 0 bridgehead atoms. The first kappa shape index (κ1) is 20.0. The van der Waals surface area contributed by atoms with Crippen LogP contribution in [0.2, 0.25) is 0 Å². The third-order valence-corrected chi connectivity index (χ3v) is 5.93. The summed E-state index contributed by atoms with van der Waals surface area (Å²) in [7, 11) is 0. The van der Waals surface area contributed by atoms with E-state index in [0.29, 0.717) is 24.0 Å². The number of aromatic nitrogens is 4. The van der Waals surface area contributed by atoms with E-state index in [-0.39, 0.29) is 34.5 Å². The van der Waals surface area contributed by atoms with Crippen LogP contribution < -0.4 is 10.9 Å². The molecule has 4 rings (SSSR count). The van der Waals surface area contributed by atoms with Crippen molar-refractivity contribution in [3.05, 3.63) is 51.5 Å². The molecule has 29 heavy (non-hydrogen) atoms. The van der Waals surface area contributed by atoms with Crippen LogP contribution in [0, 0.1) is 0 Å². The molecule has 3 heterocycles. The number of hydrogen-bond acceptors (Lipinski definition) is 7. The Kier molecular flexibility index (Phi) is 6.22. The molecule has 10 heteroatoms. The maximum atomic E-state index is 13.0. The van der Waals surface area contributed by atoms with Gasteiger partial charge in [-0.25, -0.2) is 15.0 Å². The highest BCUT2D eigenvalue weighted by Crippen LogP contribution is 2.21. The van der Waals surface area contributed by atoms with E-state index in [1.54, 1.807) is 4.57 Å². The normalized spacial score (nSPS) is 16.2. The van der Waals surface area contributed by atoms with Gasteiger partial charge in [0.25, 0.3) is 5.56 Å². The van der Waals surface area contributed by atoms with Crippen molar-refractivity contribution in [2.24, 2.45) is 0 Å². The molecule has 1 amide bonds. The number of carbonyl (C=O) groups is 1. The van der Waals surface area contributed by atoms with Crippen molar-refractivity contribution in [1.82, 2.24) is 19.5 Å². The largest absolute Gasteiger partial charge is 0.376 e. The number of benzene rings is 1. The van der Waals surface area contributed by atoms with Crippen LogP contribution >= 0.6 is 27.7 Å². The zero-order chi connectivity index (χ0) is 20.2. The summed E-state index contributed by atoms with van der Waals surface area (Å²) in [6.07, 6.45) is 4.78. The van der Waals surface area contributed by atoms with Crippen LogP contribution in [-0.4, -0.2) is 43.9 Å². The second kappa shape index (κ2) is 9.02. The Labute approximate surface area is 179 Å². The smallest absolute Gasteiger partial charge is 0.282 e. The second-order valence-corrected chi connectivity index (χ2v) is 8.38. The van der Waals surface area contributed by atoms with E-state index < -0.39 is 0 Å². The number of hydrogen-bond donors (Lipinski definition) is 1. The molecular formula is C19H18BrN5O3S. The Balaban J connectivity index is 1.55. The van der Waals surface area contributed by atoms with Crippen LogP contribution in [-0.2, 0) is 16.1 Å². The molecule has 0 radical (unpaired) electrons. The molecule has 1 aliphatic heterocycles. The predicted octanol–water partition coefficient (Wildman–Crippen LogP) is 2.86. The first-order valence-electron chi connectivity index (χ1n) is 9.11. The number of rotatable bonds is 6. The van der Waals surface area contributed by atoms with Crippen LogP contribution in [0.15, 0.2) is 51.1 Å². The molecule has 1 N–H and O–H groups in total. The monoisotopic (exact) mass is 475 g/mol. The minimum Gasteiger partial charge on any atom is -0.376 e. The third-order valence-electron chi connectivity index (χ3n) is 4.43. The standard InChI is InChI=1S/C19H18BrN5O3S/c20-12-3-5-13(6-4-12)23-15(26)11-29-19-24-17-16(21-7-8-22-17)18(27)25(19)10-14-2-1-9-28-14/h3-8,14H,1-2,9-11H2,(H,23,26). The fourth-order valence-corrected chi connectivity index (χ4v) is 4.11. The molecule has 1 fully saturated rings. The Morgan fingerprint density at radius 2 is 2.07 bits per heavy atom. The summed E-state index contributed by atoms with van der Waals surface area (Å²) in [6, 6.07) is 7.32. The van der Waals surface area contributed by atoms with Gasteiger partial charge in [-0.1, -0.05) is 27.7 Å². The molecule has 1 aromatic carbocycles. The van der Waals surface area contributed by atoms with Crippen LogP contribution in [0.25, 0.3) is 11.2 Å². The van der Waals surface area contributed by atoms with Gasteiger partial charge in [0.15, 0.2) is 16.3 Å². The Morgan fingerprint density at radius 1 is 1.28 bits per heavy atom. The van der Waals surface area contributed by atoms with Gasteiger partial charge in [-0.05, 0) is 37.1 Å². The van der Waals surface area contributed by atoms with E-state index in [1.807, 2.05) is 24.3 Å². The zero-order valence-electron chi connectivity index (χ0n) is 15.4. The fourth-order valence-electron chi connectivity index (χ4n) is 3.05.